The van der Waals surface area contributed by atoms with Gasteiger partial charge < -0.3 is 5.32 Å². The van der Waals surface area contributed by atoms with Crippen LogP contribution in [-0.2, 0) is 17.6 Å². The number of nitriles is 1. The predicted molar refractivity (Wildman–Crippen MR) is 141 cm³/mol. The SMILES string of the molecule is CC(C)(C)C1CCc2c(sc(NC(=O)CN3CCN(C4C5CC6CC(C5)CC4C6)CC3)c2C#N)C1. The summed E-state index contributed by atoms with van der Waals surface area (Å²) in [6, 6.07) is 3.22. The van der Waals surface area contributed by atoms with Crippen LogP contribution in [-0.4, -0.2) is 54.5 Å². The molecular formula is C29H42N4OS. The zero-order chi connectivity index (χ0) is 24.3. The lowest BCUT2D eigenvalue weighted by Gasteiger charge is -2.58. The molecule has 1 aromatic heterocycles. The van der Waals surface area contributed by atoms with Crippen LogP contribution in [0.3, 0.4) is 0 Å². The van der Waals surface area contributed by atoms with Gasteiger partial charge in [-0.05, 0) is 91.9 Å². The van der Waals surface area contributed by atoms with E-state index in [0.717, 1.165) is 85.7 Å². The first kappa shape index (κ1) is 23.9. The highest BCUT2D eigenvalue weighted by Gasteiger charge is 2.50. The van der Waals surface area contributed by atoms with E-state index in [1.807, 2.05) is 0 Å². The minimum absolute atomic E-state index is 0.0375. The molecule has 1 N–H and O–H groups in total. The highest BCUT2D eigenvalue weighted by Crippen LogP contribution is 2.55. The second-order valence-corrected chi connectivity index (χ2v) is 14.5. The molecule has 6 aliphatic rings. The fourth-order valence-electron chi connectivity index (χ4n) is 8.61. The molecule has 2 heterocycles. The molecule has 1 atom stereocenters. The molecule has 6 heteroatoms. The number of thiophene rings is 1. The van der Waals surface area contributed by atoms with Crippen molar-refractivity contribution >= 4 is 22.2 Å². The average molecular weight is 495 g/mol. The fraction of sp³-hybridized carbons (Fsp3) is 0.793. The van der Waals surface area contributed by atoms with Gasteiger partial charge in [-0.15, -0.1) is 11.3 Å². The van der Waals surface area contributed by atoms with E-state index in [1.54, 1.807) is 11.3 Å². The van der Waals surface area contributed by atoms with E-state index in [0.29, 0.717) is 12.5 Å². The lowest BCUT2D eigenvalue weighted by atomic mass is 9.54. The standard InChI is InChI=1S/C29H42N4OS/c1-29(2,3)22-4-5-23-24(16-30)28(35-25(23)15-22)31-26(34)17-32-6-8-33(9-7-32)27-20-11-18-10-19(13-20)14-21(27)12-18/h18-22,27H,4-15,17H2,1-3H3,(H,31,34). The van der Waals surface area contributed by atoms with E-state index >= 15 is 0 Å². The Labute approximate surface area is 215 Å². The molecule has 35 heavy (non-hydrogen) atoms. The maximum atomic E-state index is 13.0. The lowest BCUT2D eigenvalue weighted by molar-refractivity contribution is -0.118. The summed E-state index contributed by atoms with van der Waals surface area (Å²) < 4.78 is 0. The summed E-state index contributed by atoms with van der Waals surface area (Å²) in [4.78, 5) is 19.4. The van der Waals surface area contributed by atoms with E-state index < -0.39 is 0 Å². The van der Waals surface area contributed by atoms with Crippen molar-refractivity contribution in [2.45, 2.75) is 78.2 Å². The third-order valence-corrected chi connectivity index (χ3v) is 11.4. The Morgan fingerprint density at radius 1 is 1.06 bits per heavy atom. The number of fused-ring (bicyclic) bond motifs is 1. The number of hydrogen-bond donors (Lipinski definition) is 1. The van der Waals surface area contributed by atoms with Crippen LogP contribution in [0.4, 0.5) is 5.00 Å². The third-order valence-electron chi connectivity index (χ3n) is 10.2. The Bertz CT molecular complexity index is 981. The van der Waals surface area contributed by atoms with Gasteiger partial charge >= 0.3 is 0 Å². The van der Waals surface area contributed by atoms with Crippen LogP contribution < -0.4 is 5.32 Å². The van der Waals surface area contributed by atoms with Crippen molar-refractivity contribution in [3.63, 3.8) is 0 Å². The van der Waals surface area contributed by atoms with Crippen molar-refractivity contribution in [2.75, 3.05) is 38.0 Å². The van der Waals surface area contributed by atoms with E-state index in [4.69, 9.17) is 0 Å². The number of piperazine rings is 1. The minimum atomic E-state index is 0.0375. The molecule has 1 aliphatic heterocycles. The smallest absolute Gasteiger partial charge is 0.239 e. The highest BCUT2D eigenvalue weighted by atomic mass is 32.1. The van der Waals surface area contributed by atoms with Gasteiger partial charge in [0.15, 0.2) is 0 Å². The first-order valence-electron chi connectivity index (χ1n) is 14.1. The molecule has 1 unspecified atom stereocenters. The predicted octanol–water partition coefficient (Wildman–Crippen LogP) is 5.15. The molecular weight excluding hydrogens is 452 g/mol. The summed E-state index contributed by atoms with van der Waals surface area (Å²) in [5, 5.41) is 13.8. The summed E-state index contributed by atoms with van der Waals surface area (Å²) in [5.41, 5.74) is 2.19. The Morgan fingerprint density at radius 2 is 1.71 bits per heavy atom. The number of amides is 1. The maximum absolute atomic E-state index is 13.0. The summed E-state index contributed by atoms with van der Waals surface area (Å²) >= 11 is 1.65. The monoisotopic (exact) mass is 494 g/mol. The molecule has 5 aliphatic carbocycles. The second-order valence-electron chi connectivity index (χ2n) is 13.4. The molecule has 5 nitrogen and oxygen atoms in total. The summed E-state index contributed by atoms with van der Waals surface area (Å²) in [7, 11) is 0. The summed E-state index contributed by atoms with van der Waals surface area (Å²) in [6.07, 6.45) is 10.5. The molecule has 1 aromatic rings. The first-order valence-corrected chi connectivity index (χ1v) is 14.9. The topological polar surface area (TPSA) is 59.4 Å². The average Bonchev–Trinajstić information content (AvgIpc) is 3.14. The van der Waals surface area contributed by atoms with Gasteiger partial charge in [-0.1, -0.05) is 20.8 Å². The molecule has 7 rings (SSSR count). The van der Waals surface area contributed by atoms with Gasteiger partial charge in [-0.2, -0.15) is 5.26 Å². The lowest BCUT2D eigenvalue weighted by Crippen LogP contribution is -2.60. The van der Waals surface area contributed by atoms with Gasteiger partial charge in [0.25, 0.3) is 0 Å². The summed E-state index contributed by atoms with van der Waals surface area (Å²) in [6.45, 7) is 11.5. The second kappa shape index (κ2) is 9.15. The van der Waals surface area contributed by atoms with Gasteiger partial charge in [0.2, 0.25) is 5.91 Å². The summed E-state index contributed by atoms with van der Waals surface area (Å²) in [5.74, 6) is 4.60. The van der Waals surface area contributed by atoms with Gasteiger partial charge in [0.1, 0.15) is 11.1 Å². The Balaban J connectivity index is 1.04. The van der Waals surface area contributed by atoms with E-state index in [-0.39, 0.29) is 11.3 Å². The van der Waals surface area contributed by atoms with Crippen LogP contribution in [0.25, 0.3) is 0 Å². The zero-order valence-electron chi connectivity index (χ0n) is 21.8. The fourth-order valence-corrected chi connectivity index (χ4v) is 9.91. The molecule has 0 aromatic carbocycles. The molecule has 4 saturated carbocycles. The van der Waals surface area contributed by atoms with E-state index in [1.165, 1.54) is 42.5 Å². The number of nitrogens with zero attached hydrogens (tertiary/aromatic N) is 3. The third kappa shape index (κ3) is 4.58. The van der Waals surface area contributed by atoms with Crippen molar-refractivity contribution in [1.29, 1.82) is 5.26 Å². The molecule has 4 bridgehead atoms. The molecule has 0 radical (unpaired) electrons. The Hall–Kier alpha value is -1.42. The quantitative estimate of drug-likeness (QED) is 0.629. The van der Waals surface area contributed by atoms with E-state index in [9.17, 15) is 10.1 Å². The Morgan fingerprint density at radius 3 is 2.31 bits per heavy atom. The largest absolute Gasteiger partial charge is 0.315 e. The molecule has 5 fully saturated rings. The number of rotatable bonds is 4. The zero-order valence-corrected chi connectivity index (χ0v) is 22.6. The maximum Gasteiger partial charge on any atom is 0.239 e. The van der Waals surface area contributed by atoms with Crippen molar-refractivity contribution in [3.05, 3.63) is 16.0 Å². The molecule has 1 amide bonds. The Kier molecular flexibility index (Phi) is 6.26. The number of hydrogen-bond acceptors (Lipinski definition) is 5. The van der Waals surface area contributed by atoms with Gasteiger partial charge in [-0.3, -0.25) is 14.6 Å². The van der Waals surface area contributed by atoms with Crippen LogP contribution in [0.15, 0.2) is 0 Å². The van der Waals surface area contributed by atoms with Crippen molar-refractivity contribution in [3.8, 4) is 6.07 Å². The first-order chi connectivity index (χ1) is 16.8. The van der Waals surface area contributed by atoms with Crippen LogP contribution >= 0.6 is 11.3 Å². The van der Waals surface area contributed by atoms with E-state index in [2.05, 4.69) is 42.0 Å². The number of nitrogens with one attached hydrogen (secondary N) is 1. The van der Waals surface area contributed by atoms with Gasteiger partial charge in [0.05, 0.1) is 12.1 Å². The van der Waals surface area contributed by atoms with Gasteiger partial charge in [0, 0.05) is 37.1 Å². The van der Waals surface area contributed by atoms with Crippen molar-refractivity contribution in [1.82, 2.24) is 9.80 Å². The van der Waals surface area contributed by atoms with Crippen LogP contribution in [0.5, 0.6) is 0 Å². The highest BCUT2D eigenvalue weighted by molar-refractivity contribution is 7.16. The van der Waals surface area contributed by atoms with Crippen LogP contribution in [0.1, 0.15) is 75.3 Å². The number of anilines is 1. The minimum Gasteiger partial charge on any atom is -0.315 e. The van der Waals surface area contributed by atoms with Crippen molar-refractivity contribution < 1.29 is 4.79 Å². The normalized spacial score (nSPS) is 35.0. The van der Waals surface area contributed by atoms with Gasteiger partial charge in [-0.25, -0.2) is 0 Å². The molecule has 1 saturated heterocycles. The molecule has 0 spiro atoms. The number of carbonyl (C=O) groups is 1. The molecule has 190 valence electrons. The number of carbonyl (C=O) groups excluding carboxylic acids is 1. The van der Waals surface area contributed by atoms with Crippen LogP contribution in [0, 0.1) is 46.3 Å². The van der Waals surface area contributed by atoms with Crippen LogP contribution in [0.2, 0.25) is 0 Å². The van der Waals surface area contributed by atoms with Crippen molar-refractivity contribution in [2.24, 2.45) is 35.0 Å².